The summed E-state index contributed by atoms with van der Waals surface area (Å²) in [5, 5.41) is 8.29. The predicted octanol–water partition coefficient (Wildman–Crippen LogP) is 2.43. The number of hydrogen-bond acceptors (Lipinski definition) is 5. The van der Waals surface area contributed by atoms with Crippen LogP contribution < -0.4 is 5.32 Å². The third-order valence-electron chi connectivity index (χ3n) is 5.02. The van der Waals surface area contributed by atoms with Crippen molar-refractivity contribution < 1.29 is 4.74 Å². The summed E-state index contributed by atoms with van der Waals surface area (Å²) in [5.41, 5.74) is 4.27. The molecule has 132 valence electrons. The van der Waals surface area contributed by atoms with E-state index in [9.17, 15) is 0 Å². The third-order valence-corrected chi connectivity index (χ3v) is 5.02. The van der Waals surface area contributed by atoms with Gasteiger partial charge in [-0.25, -0.2) is 4.98 Å². The van der Waals surface area contributed by atoms with Gasteiger partial charge in [-0.15, -0.1) is 0 Å². The number of rotatable bonds is 6. The number of aromatic nitrogens is 3. The first kappa shape index (κ1) is 17.2. The normalized spacial score (nSPS) is 17.3. The first-order valence-corrected chi connectivity index (χ1v) is 9.05. The van der Waals surface area contributed by atoms with Gasteiger partial charge in [0.15, 0.2) is 5.65 Å². The number of ether oxygens (including phenoxy) is 1. The summed E-state index contributed by atoms with van der Waals surface area (Å²) >= 11 is 0. The maximum Gasteiger partial charge on any atom is 0.160 e. The van der Waals surface area contributed by atoms with Gasteiger partial charge in [0.2, 0.25) is 0 Å². The number of nitrogens with zero attached hydrogens (tertiary/aromatic N) is 4. The summed E-state index contributed by atoms with van der Waals surface area (Å²) in [5.74, 6) is 1.04. The van der Waals surface area contributed by atoms with Gasteiger partial charge < -0.3 is 10.1 Å². The van der Waals surface area contributed by atoms with E-state index >= 15 is 0 Å². The Bertz CT molecular complexity index is 690. The molecule has 3 rings (SSSR count). The van der Waals surface area contributed by atoms with Crippen LogP contribution in [0.2, 0.25) is 0 Å². The van der Waals surface area contributed by atoms with Gasteiger partial charge in [0.05, 0.1) is 18.9 Å². The molecule has 0 radical (unpaired) electrons. The topological polar surface area (TPSA) is 54.7 Å². The van der Waals surface area contributed by atoms with Gasteiger partial charge in [-0.2, -0.15) is 9.61 Å². The van der Waals surface area contributed by atoms with Crippen LogP contribution in [0.3, 0.4) is 0 Å². The van der Waals surface area contributed by atoms with E-state index in [2.05, 4.69) is 42.2 Å². The highest BCUT2D eigenvalue weighted by atomic mass is 16.5. The van der Waals surface area contributed by atoms with Crippen molar-refractivity contribution in [2.45, 2.75) is 46.6 Å². The van der Waals surface area contributed by atoms with Crippen molar-refractivity contribution in [3.8, 4) is 0 Å². The fraction of sp³-hybridized carbons (Fsp3) is 0.667. The molecule has 0 saturated carbocycles. The molecule has 3 heterocycles. The van der Waals surface area contributed by atoms with Crippen molar-refractivity contribution in [1.82, 2.24) is 19.5 Å². The number of hydrogen-bond donors (Lipinski definition) is 1. The van der Waals surface area contributed by atoms with Crippen LogP contribution in [-0.2, 0) is 11.2 Å². The SMILES string of the molecule is CCc1cc(NCC(CC)N2CCOCC2)n2nc(C)c(C)c2n1. The second-order valence-electron chi connectivity index (χ2n) is 6.52. The first-order chi connectivity index (χ1) is 11.6. The molecule has 0 bridgehead atoms. The largest absolute Gasteiger partial charge is 0.379 e. The van der Waals surface area contributed by atoms with Crippen LogP contribution in [0.25, 0.3) is 5.65 Å². The maximum absolute atomic E-state index is 5.48. The molecule has 24 heavy (non-hydrogen) atoms. The fourth-order valence-corrected chi connectivity index (χ4v) is 3.28. The highest BCUT2D eigenvalue weighted by Crippen LogP contribution is 2.19. The van der Waals surface area contributed by atoms with Crippen LogP contribution in [0.5, 0.6) is 0 Å². The molecule has 1 atom stereocenters. The van der Waals surface area contributed by atoms with Gasteiger partial charge in [-0.1, -0.05) is 13.8 Å². The van der Waals surface area contributed by atoms with Crippen LogP contribution in [0.4, 0.5) is 5.82 Å². The average molecular weight is 331 g/mol. The Labute approximate surface area is 144 Å². The maximum atomic E-state index is 5.48. The molecule has 1 N–H and O–H groups in total. The van der Waals surface area contributed by atoms with Gasteiger partial charge in [0.25, 0.3) is 0 Å². The summed E-state index contributed by atoms with van der Waals surface area (Å²) < 4.78 is 7.43. The molecule has 1 aliphatic rings. The highest BCUT2D eigenvalue weighted by molar-refractivity contribution is 5.56. The van der Waals surface area contributed by atoms with Crippen LogP contribution in [0.15, 0.2) is 6.07 Å². The monoisotopic (exact) mass is 331 g/mol. The van der Waals surface area contributed by atoms with Gasteiger partial charge in [0.1, 0.15) is 5.82 Å². The number of aryl methyl sites for hydroxylation is 3. The van der Waals surface area contributed by atoms with E-state index in [0.717, 1.165) is 74.1 Å². The minimum atomic E-state index is 0.514. The molecular formula is C18H29N5O. The number of anilines is 1. The standard InChI is InChI=1S/C18H29N5O/c1-5-15-11-17(23-18(20-15)13(3)14(4)21-23)19-12-16(6-2)22-7-9-24-10-8-22/h11,16,19H,5-10,12H2,1-4H3. The van der Waals surface area contributed by atoms with Crippen molar-refractivity contribution in [1.29, 1.82) is 0 Å². The van der Waals surface area contributed by atoms with Gasteiger partial charge >= 0.3 is 0 Å². The number of nitrogens with one attached hydrogen (secondary N) is 1. The van der Waals surface area contributed by atoms with Crippen molar-refractivity contribution in [3.63, 3.8) is 0 Å². The number of fused-ring (bicyclic) bond motifs is 1. The van der Waals surface area contributed by atoms with Crippen molar-refractivity contribution in [2.24, 2.45) is 0 Å². The lowest BCUT2D eigenvalue weighted by Gasteiger charge is -2.34. The van der Waals surface area contributed by atoms with E-state index in [4.69, 9.17) is 9.72 Å². The van der Waals surface area contributed by atoms with Gasteiger partial charge in [-0.05, 0) is 26.7 Å². The van der Waals surface area contributed by atoms with E-state index < -0.39 is 0 Å². The predicted molar refractivity (Wildman–Crippen MR) is 96.8 cm³/mol. The smallest absolute Gasteiger partial charge is 0.160 e. The third kappa shape index (κ3) is 3.39. The van der Waals surface area contributed by atoms with Crippen molar-refractivity contribution >= 4 is 11.5 Å². The van der Waals surface area contributed by atoms with Crippen LogP contribution in [0.1, 0.15) is 37.2 Å². The van der Waals surface area contributed by atoms with Crippen molar-refractivity contribution in [3.05, 3.63) is 23.0 Å². The molecule has 2 aromatic heterocycles. The minimum absolute atomic E-state index is 0.514. The highest BCUT2D eigenvalue weighted by Gasteiger charge is 2.20. The Balaban J connectivity index is 1.82. The molecule has 0 amide bonds. The molecule has 1 fully saturated rings. The molecule has 0 spiro atoms. The van der Waals surface area contributed by atoms with E-state index in [1.165, 1.54) is 0 Å². The van der Waals surface area contributed by atoms with E-state index in [-0.39, 0.29) is 0 Å². The zero-order chi connectivity index (χ0) is 17.1. The Kier molecular flexibility index (Phi) is 5.36. The lowest BCUT2D eigenvalue weighted by Crippen LogP contribution is -2.46. The van der Waals surface area contributed by atoms with E-state index in [0.29, 0.717) is 6.04 Å². The van der Waals surface area contributed by atoms with Crippen LogP contribution in [0, 0.1) is 13.8 Å². The lowest BCUT2D eigenvalue weighted by molar-refractivity contribution is 0.0184. The fourth-order valence-electron chi connectivity index (χ4n) is 3.28. The quantitative estimate of drug-likeness (QED) is 0.881. The molecule has 6 heteroatoms. The Morgan fingerprint density at radius 1 is 1.25 bits per heavy atom. The van der Waals surface area contributed by atoms with E-state index in [1.54, 1.807) is 0 Å². The van der Waals surface area contributed by atoms with Gasteiger partial charge in [-0.3, -0.25) is 4.90 Å². The molecule has 2 aromatic rings. The number of morpholine rings is 1. The molecule has 0 aliphatic carbocycles. The van der Waals surface area contributed by atoms with Crippen molar-refractivity contribution in [2.75, 3.05) is 38.2 Å². The van der Waals surface area contributed by atoms with Crippen LogP contribution >= 0.6 is 0 Å². The summed E-state index contributed by atoms with van der Waals surface area (Å²) in [6.07, 6.45) is 2.05. The summed E-state index contributed by atoms with van der Waals surface area (Å²) in [6.45, 7) is 13.2. The molecular weight excluding hydrogens is 302 g/mol. The summed E-state index contributed by atoms with van der Waals surface area (Å²) in [6, 6.07) is 2.64. The average Bonchev–Trinajstić information content (AvgIpc) is 2.91. The van der Waals surface area contributed by atoms with E-state index in [1.807, 2.05) is 11.4 Å². The lowest BCUT2D eigenvalue weighted by atomic mass is 10.1. The summed E-state index contributed by atoms with van der Waals surface area (Å²) in [7, 11) is 0. The van der Waals surface area contributed by atoms with Gasteiger partial charge in [0, 0.05) is 43.0 Å². The Morgan fingerprint density at radius 3 is 2.67 bits per heavy atom. The second-order valence-corrected chi connectivity index (χ2v) is 6.52. The Morgan fingerprint density at radius 2 is 2.00 bits per heavy atom. The zero-order valence-electron chi connectivity index (χ0n) is 15.3. The first-order valence-electron chi connectivity index (χ1n) is 9.05. The molecule has 0 aromatic carbocycles. The minimum Gasteiger partial charge on any atom is -0.379 e. The molecule has 1 aliphatic heterocycles. The molecule has 6 nitrogen and oxygen atoms in total. The Hall–Kier alpha value is -1.66. The second kappa shape index (κ2) is 7.49. The van der Waals surface area contributed by atoms with Crippen LogP contribution in [-0.4, -0.2) is 58.4 Å². The molecule has 1 saturated heterocycles. The molecule has 1 unspecified atom stereocenters. The zero-order valence-corrected chi connectivity index (χ0v) is 15.3. The summed E-state index contributed by atoms with van der Waals surface area (Å²) in [4.78, 5) is 7.27.